The van der Waals surface area contributed by atoms with E-state index in [0.29, 0.717) is 0 Å². The van der Waals surface area contributed by atoms with Gasteiger partial charge in [-0.15, -0.1) is 0 Å². The fourth-order valence-corrected chi connectivity index (χ4v) is 1.65. The van der Waals surface area contributed by atoms with E-state index in [1.165, 1.54) is 0 Å². The molecule has 0 amide bonds. The van der Waals surface area contributed by atoms with Gasteiger partial charge in [0.15, 0.2) is 6.29 Å². The average molecular weight is 272 g/mol. The summed E-state index contributed by atoms with van der Waals surface area (Å²) in [6.07, 6.45) is 12.5. The number of unbranched alkanes of at least 4 members (excludes halogenated alkanes) is 3. The van der Waals surface area contributed by atoms with Crippen molar-refractivity contribution in [3.8, 4) is 0 Å². The maximum absolute atomic E-state index is 8.66. The Kier molecular flexibility index (Phi) is 15.4. The number of aliphatic hydroxyl groups is 1. The molecule has 0 bridgehead atoms. The average Bonchev–Trinajstić information content (AvgIpc) is 2.42. The quantitative estimate of drug-likeness (QED) is 0.294. The first kappa shape index (κ1) is 18.6. The molecular formula is C16H32O3. The minimum Gasteiger partial charge on any atom is -0.396 e. The first-order chi connectivity index (χ1) is 9.35. The third-order valence-corrected chi connectivity index (χ3v) is 2.88. The van der Waals surface area contributed by atoms with Crippen LogP contribution in [0.1, 0.15) is 65.2 Å². The molecule has 0 saturated heterocycles. The highest BCUT2D eigenvalue weighted by Gasteiger charge is 2.08. The predicted molar refractivity (Wildman–Crippen MR) is 80.2 cm³/mol. The van der Waals surface area contributed by atoms with Crippen molar-refractivity contribution in [3.63, 3.8) is 0 Å². The Morgan fingerprint density at radius 2 is 1.47 bits per heavy atom. The molecule has 0 radical (unpaired) electrons. The van der Waals surface area contributed by atoms with E-state index in [-0.39, 0.29) is 12.9 Å². The van der Waals surface area contributed by atoms with Gasteiger partial charge in [-0.1, -0.05) is 38.8 Å². The van der Waals surface area contributed by atoms with Crippen LogP contribution in [0.15, 0.2) is 12.2 Å². The summed E-state index contributed by atoms with van der Waals surface area (Å²) < 4.78 is 11.5. The Bertz CT molecular complexity index is 182. The Morgan fingerprint density at radius 3 is 2.00 bits per heavy atom. The molecule has 0 aliphatic rings. The molecule has 114 valence electrons. The number of hydrogen-bond donors (Lipinski definition) is 1. The third kappa shape index (κ3) is 13.8. The zero-order chi connectivity index (χ0) is 14.2. The van der Waals surface area contributed by atoms with Crippen LogP contribution in [-0.4, -0.2) is 31.2 Å². The number of aliphatic hydroxyl groups excluding tert-OH is 1. The molecule has 3 nitrogen and oxygen atoms in total. The van der Waals surface area contributed by atoms with Crippen molar-refractivity contribution in [2.75, 3.05) is 19.8 Å². The molecule has 0 saturated carbocycles. The summed E-state index contributed by atoms with van der Waals surface area (Å²) in [5.74, 6) is 0. The molecule has 0 aliphatic carbocycles. The SMILES string of the molecule is CCCCOC(CCC/C=C/CCO)OCCCC. The van der Waals surface area contributed by atoms with E-state index >= 15 is 0 Å². The zero-order valence-corrected chi connectivity index (χ0v) is 12.8. The topological polar surface area (TPSA) is 38.7 Å². The minimum absolute atomic E-state index is 0.0376. The van der Waals surface area contributed by atoms with E-state index in [4.69, 9.17) is 14.6 Å². The van der Waals surface area contributed by atoms with Crippen LogP contribution in [-0.2, 0) is 9.47 Å². The molecule has 0 heterocycles. The van der Waals surface area contributed by atoms with Crippen molar-refractivity contribution in [1.29, 1.82) is 0 Å². The standard InChI is InChI=1S/C16H32O3/c1-3-5-14-18-16(19-15-6-4-2)12-10-8-7-9-11-13-17/h7,9,16-17H,3-6,8,10-15H2,1-2H3/b9-7+. The highest BCUT2D eigenvalue weighted by molar-refractivity contribution is 4.81. The third-order valence-electron chi connectivity index (χ3n) is 2.88. The summed E-state index contributed by atoms with van der Waals surface area (Å²) in [5.41, 5.74) is 0. The summed E-state index contributed by atoms with van der Waals surface area (Å²) in [4.78, 5) is 0. The molecule has 0 rings (SSSR count). The summed E-state index contributed by atoms with van der Waals surface area (Å²) in [6, 6.07) is 0. The molecule has 0 aromatic heterocycles. The number of allylic oxidation sites excluding steroid dienone is 1. The first-order valence-corrected chi connectivity index (χ1v) is 7.84. The van der Waals surface area contributed by atoms with Gasteiger partial charge in [-0.05, 0) is 38.5 Å². The van der Waals surface area contributed by atoms with Gasteiger partial charge in [0.25, 0.3) is 0 Å². The van der Waals surface area contributed by atoms with E-state index in [1.54, 1.807) is 0 Å². The second-order valence-corrected chi connectivity index (χ2v) is 4.79. The normalized spacial score (nSPS) is 11.8. The molecule has 19 heavy (non-hydrogen) atoms. The molecule has 0 spiro atoms. The maximum Gasteiger partial charge on any atom is 0.157 e. The largest absolute Gasteiger partial charge is 0.396 e. The van der Waals surface area contributed by atoms with E-state index in [9.17, 15) is 0 Å². The van der Waals surface area contributed by atoms with Crippen molar-refractivity contribution < 1.29 is 14.6 Å². The lowest BCUT2D eigenvalue weighted by Crippen LogP contribution is -2.18. The van der Waals surface area contributed by atoms with Crippen LogP contribution in [0.5, 0.6) is 0 Å². The van der Waals surface area contributed by atoms with Crippen LogP contribution >= 0.6 is 0 Å². The lowest BCUT2D eigenvalue weighted by atomic mass is 10.2. The fourth-order valence-electron chi connectivity index (χ4n) is 1.65. The lowest BCUT2D eigenvalue weighted by Gasteiger charge is -2.18. The lowest BCUT2D eigenvalue weighted by molar-refractivity contribution is -0.147. The van der Waals surface area contributed by atoms with Gasteiger partial charge in [0.05, 0.1) is 0 Å². The van der Waals surface area contributed by atoms with Gasteiger partial charge in [-0.2, -0.15) is 0 Å². The molecule has 1 N–H and O–H groups in total. The molecule has 0 fully saturated rings. The highest BCUT2D eigenvalue weighted by Crippen LogP contribution is 2.09. The summed E-state index contributed by atoms with van der Waals surface area (Å²) in [6.45, 7) is 6.17. The maximum atomic E-state index is 8.66. The first-order valence-electron chi connectivity index (χ1n) is 7.84. The molecule has 3 heteroatoms. The molecule has 0 atom stereocenters. The summed E-state index contributed by atoms with van der Waals surface area (Å²) >= 11 is 0. The fraction of sp³-hybridized carbons (Fsp3) is 0.875. The van der Waals surface area contributed by atoms with E-state index in [2.05, 4.69) is 19.9 Å². The Morgan fingerprint density at radius 1 is 0.895 bits per heavy atom. The number of hydrogen-bond acceptors (Lipinski definition) is 3. The number of ether oxygens (including phenoxy) is 2. The van der Waals surface area contributed by atoms with E-state index in [0.717, 1.165) is 64.6 Å². The minimum atomic E-state index is -0.0376. The van der Waals surface area contributed by atoms with Crippen LogP contribution in [0.2, 0.25) is 0 Å². The van der Waals surface area contributed by atoms with Crippen LogP contribution < -0.4 is 0 Å². The molecule has 0 aromatic rings. The Labute approximate surface area is 119 Å². The number of rotatable bonds is 14. The van der Waals surface area contributed by atoms with Crippen molar-refractivity contribution in [3.05, 3.63) is 12.2 Å². The second-order valence-electron chi connectivity index (χ2n) is 4.79. The highest BCUT2D eigenvalue weighted by atomic mass is 16.7. The monoisotopic (exact) mass is 272 g/mol. The van der Waals surface area contributed by atoms with Crippen LogP contribution in [0, 0.1) is 0 Å². The van der Waals surface area contributed by atoms with Crippen molar-refractivity contribution in [2.45, 2.75) is 71.5 Å². The van der Waals surface area contributed by atoms with Gasteiger partial charge in [0.2, 0.25) is 0 Å². The van der Waals surface area contributed by atoms with Gasteiger partial charge < -0.3 is 14.6 Å². The zero-order valence-electron chi connectivity index (χ0n) is 12.8. The van der Waals surface area contributed by atoms with E-state index < -0.39 is 0 Å². The summed E-state index contributed by atoms with van der Waals surface area (Å²) in [5, 5.41) is 8.66. The van der Waals surface area contributed by atoms with Gasteiger partial charge in [-0.3, -0.25) is 0 Å². The van der Waals surface area contributed by atoms with Crippen LogP contribution in [0.3, 0.4) is 0 Å². The van der Waals surface area contributed by atoms with Crippen molar-refractivity contribution in [2.24, 2.45) is 0 Å². The second kappa shape index (κ2) is 15.7. The van der Waals surface area contributed by atoms with E-state index in [1.807, 2.05) is 6.08 Å². The smallest absolute Gasteiger partial charge is 0.157 e. The van der Waals surface area contributed by atoms with Crippen molar-refractivity contribution in [1.82, 2.24) is 0 Å². The van der Waals surface area contributed by atoms with Crippen LogP contribution in [0.4, 0.5) is 0 Å². The van der Waals surface area contributed by atoms with Gasteiger partial charge in [0.1, 0.15) is 0 Å². The van der Waals surface area contributed by atoms with Crippen molar-refractivity contribution >= 4 is 0 Å². The predicted octanol–water partition coefficient (Wildman–Crippen LogP) is 4.05. The molecule has 0 aliphatic heterocycles. The summed E-state index contributed by atoms with van der Waals surface area (Å²) in [7, 11) is 0. The molecule has 0 aromatic carbocycles. The Balaban J connectivity index is 3.69. The molecular weight excluding hydrogens is 240 g/mol. The van der Waals surface area contributed by atoms with Gasteiger partial charge >= 0.3 is 0 Å². The molecule has 0 unspecified atom stereocenters. The van der Waals surface area contributed by atoms with Gasteiger partial charge in [0, 0.05) is 19.8 Å². The van der Waals surface area contributed by atoms with Gasteiger partial charge in [-0.25, -0.2) is 0 Å². The van der Waals surface area contributed by atoms with Crippen LogP contribution in [0.25, 0.3) is 0 Å². The Hall–Kier alpha value is -0.380.